The summed E-state index contributed by atoms with van der Waals surface area (Å²) in [4.78, 5) is 2.07. The molecule has 4 heteroatoms. The smallest absolute Gasteiger partial charge is 0.125 e. The minimum absolute atomic E-state index is 0.199. The first-order chi connectivity index (χ1) is 10.1. The molecule has 2 rings (SSSR count). The van der Waals surface area contributed by atoms with Crippen molar-refractivity contribution in [3.05, 3.63) is 64.4 Å². The molecule has 2 aromatic rings. The average Bonchev–Trinajstić information content (AvgIpc) is 2.49. The molecule has 0 bridgehead atoms. The normalized spacial score (nSPS) is 12.2. The van der Waals surface area contributed by atoms with Crippen molar-refractivity contribution in [3.63, 3.8) is 0 Å². The van der Waals surface area contributed by atoms with Gasteiger partial charge in [-0.2, -0.15) is 0 Å². The summed E-state index contributed by atoms with van der Waals surface area (Å²) >= 11 is 3.60. The van der Waals surface area contributed by atoms with Crippen molar-refractivity contribution in [1.29, 1.82) is 0 Å². The third-order valence-electron chi connectivity index (χ3n) is 3.63. The maximum atomic E-state index is 13.3. The van der Waals surface area contributed by atoms with Crippen LogP contribution in [0.3, 0.4) is 0 Å². The monoisotopic (exact) mass is 350 g/mol. The number of rotatable bonds is 6. The second-order valence-corrected chi connectivity index (χ2v) is 5.91. The van der Waals surface area contributed by atoms with Crippen LogP contribution in [0.5, 0.6) is 0 Å². The molecule has 0 spiro atoms. The van der Waals surface area contributed by atoms with Crippen LogP contribution in [-0.2, 0) is 0 Å². The maximum Gasteiger partial charge on any atom is 0.125 e. The lowest BCUT2D eigenvalue weighted by atomic mass is 10.0. The summed E-state index contributed by atoms with van der Waals surface area (Å²) < 4.78 is 14.4. The van der Waals surface area contributed by atoms with Crippen LogP contribution in [-0.4, -0.2) is 20.6 Å². The molecule has 21 heavy (non-hydrogen) atoms. The molecule has 0 aliphatic carbocycles. The summed E-state index contributed by atoms with van der Waals surface area (Å²) in [5.74, 6) is -0.199. The van der Waals surface area contributed by atoms with Crippen LogP contribution in [0.1, 0.15) is 18.0 Å². The van der Waals surface area contributed by atoms with Gasteiger partial charge < -0.3 is 10.2 Å². The molecule has 112 valence electrons. The number of hydrogen-bond donors (Lipinski definition) is 1. The molecule has 0 saturated carbocycles. The van der Waals surface area contributed by atoms with E-state index in [1.807, 2.05) is 32.3 Å². The zero-order valence-corrected chi connectivity index (χ0v) is 13.9. The first-order valence-corrected chi connectivity index (χ1v) is 7.79. The molecule has 0 aromatic heterocycles. The predicted octanol–water partition coefficient (Wildman–Crippen LogP) is 4.38. The van der Waals surface area contributed by atoms with Crippen LogP contribution in [0.2, 0.25) is 0 Å². The van der Waals surface area contributed by atoms with E-state index in [0.29, 0.717) is 0 Å². The molecule has 0 amide bonds. The van der Waals surface area contributed by atoms with E-state index in [1.165, 1.54) is 11.6 Å². The van der Waals surface area contributed by atoms with E-state index in [0.717, 1.165) is 23.1 Å². The highest BCUT2D eigenvalue weighted by Gasteiger charge is 2.13. The second-order valence-electron chi connectivity index (χ2n) is 5.05. The fraction of sp³-hybridized carbons (Fsp3) is 0.294. The third-order valence-corrected chi connectivity index (χ3v) is 4.35. The van der Waals surface area contributed by atoms with Gasteiger partial charge in [-0.25, -0.2) is 4.39 Å². The Labute approximate surface area is 134 Å². The summed E-state index contributed by atoms with van der Waals surface area (Å²) in [7, 11) is 3.95. The minimum atomic E-state index is -0.199. The van der Waals surface area contributed by atoms with E-state index in [2.05, 4.69) is 38.3 Å². The van der Waals surface area contributed by atoms with Crippen LogP contribution in [0.25, 0.3) is 0 Å². The van der Waals surface area contributed by atoms with Crippen molar-refractivity contribution < 1.29 is 4.39 Å². The summed E-state index contributed by atoms with van der Waals surface area (Å²) in [5, 5.41) is 3.35. The van der Waals surface area contributed by atoms with E-state index < -0.39 is 0 Å². The standard InChI is InChI=1S/C17H20BrFN2/c1-20-17(15-8-3-4-9-16(15)18)10-11-21(2)14-7-5-6-13(19)12-14/h3-9,12,17,20H,10-11H2,1-2H3. The topological polar surface area (TPSA) is 15.3 Å². The molecule has 0 radical (unpaired) electrons. The van der Waals surface area contributed by atoms with Crippen LogP contribution in [0.4, 0.5) is 10.1 Å². The van der Waals surface area contributed by atoms with Crippen molar-refractivity contribution >= 4 is 21.6 Å². The van der Waals surface area contributed by atoms with Crippen molar-refractivity contribution in [2.24, 2.45) is 0 Å². The fourth-order valence-electron chi connectivity index (χ4n) is 2.38. The van der Waals surface area contributed by atoms with Gasteiger partial charge >= 0.3 is 0 Å². The Kier molecular flexibility index (Phi) is 5.76. The molecule has 0 aliphatic rings. The van der Waals surface area contributed by atoms with Gasteiger partial charge in [0, 0.05) is 29.8 Å². The summed E-state index contributed by atoms with van der Waals surface area (Å²) in [6.07, 6.45) is 0.937. The molecule has 0 saturated heterocycles. The number of halogens is 2. The molecule has 1 atom stereocenters. The number of hydrogen-bond acceptors (Lipinski definition) is 2. The Morgan fingerprint density at radius 3 is 2.62 bits per heavy atom. The third kappa shape index (κ3) is 4.29. The van der Waals surface area contributed by atoms with Crippen molar-refractivity contribution in [3.8, 4) is 0 Å². The Balaban J connectivity index is 2.02. The lowest BCUT2D eigenvalue weighted by Crippen LogP contribution is -2.25. The van der Waals surface area contributed by atoms with E-state index in [9.17, 15) is 4.39 Å². The Bertz CT molecular complexity index is 589. The molecule has 1 N–H and O–H groups in total. The van der Waals surface area contributed by atoms with Gasteiger partial charge in [-0.1, -0.05) is 40.2 Å². The maximum absolute atomic E-state index is 13.3. The number of nitrogens with one attached hydrogen (secondary N) is 1. The van der Waals surface area contributed by atoms with Crippen LogP contribution in [0, 0.1) is 5.82 Å². The molecular weight excluding hydrogens is 331 g/mol. The first-order valence-electron chi connectivity index (χ1n) is 7.00. The zero-order chi connectivity index (χ0) is 15.2. The van der Waals surface area contributed by atoms with E-state index >= 15 is 0 Å². The van der Waals surface area contributed by atoms with Crippen molar-refractivity contribution in [1.82, 2.24) is 5.32 Å². The van der Waals surface area contributed by atoms with E-state index in [4.69, 9.17) is 0 Å². The van der Waals surface area contributed by atoms with Crippen LogP contribution < -0.4 is 10.2 Å². The van der Waals surface area contributed by atoms with Crippen molar-refractivity contribution in [2.45, 2.75) is 12.5 Å². The highest BCUT2D eigenvalue weighted by atomic mass is 79.9. The Morgan fingerprint density at radius 2 is 1.95 bits per heavy atom. The van der Waals surface area contributed by atoms with Gasteiger partial charge in [0.15, 0.2) is 0 Å². The van der Waals surface area contributed by atoms with Gasteiger partial charge in [0.05, 0.1) is 0 Å². The van der Waals surface area contributed by atoms with Gasteiger partial charge in [0.1, 0.15) is 5.82 Å². The van der Waals surface area contributed by atoms with Crippen LogP contribution >= 0.6 is 15.9 Å². The lowest BCUT2D eigenvalue weighted by molar-refractivity contribution is 0.547. The molecule has 0 fully saturated rings. The Morgan fingerprint density at radius 1 is 1.19 bits per heavy atom. The summed E-state index contributed by atoms with van der Waals surface area (Å²) in [6.45, 7) is 0.844. The molecule has 0 aliphatic heterocycles. The number of anilines is 1. The molecule has 0 heterocycles. The predicted molar refractivity (Wildman–Crippen MR) is 90.2 cm³/mol. The van der Waals surface area contributed by atoms with Gasteiger partial charge in [0.25, 0.3) is 0 Å². The molecule has 1 unspecified atom stereocenters. The quantitative estimate of drug-likeness (QED) is 0.831. The highest BCUT2D eigenvalue weighted by molar-refractivity contribution is 9.10. The second kappa shape index (κ2) is 7.57. The largest absolute Gasteiger partial charge is 0.374 e. The minimum Gasteiger partial charge on any atom is -0.374 e. The van der Waals surface area contributed by atoms with Gasteiger partial charge in [-0.05, 0) is 43.3 Å². The SMILES string of the molecule is CNC(CCN(C)c1cccc(F)c1)c1ccccc1Br. The van der Waals surface area contributed by atoms with Gasteiger partial charge in [-0.15, -0.1) is 0 Å². The lowest BCUT2D eigenvalue weighted by Gasteiger charge is -2.24. The average molecular weight is 351 g/mol. The number of benzene rings is 2. The summed E-state index contributed by atoms with van der Waals surface area (Å²) in [5.41, 5.74) is 2.14. The van der Waals surface area contributed by atoms with Gasteiger partial charge in [-0.3, -0.25) is 0 Å². The molecule has 2 aromatic carbocycles. The van der Waals surface area contributed by atoms with Crippen LogP contribution in [0.15, 0.2) is 53.0 Å². The zero-order valence-electron chi connectivity index (χ0n) is 12.3. The fourth-order valence-corrected chi connectivity index (χ4v) is 2.94. The molecule has 2 nitrogen and oxygen atoms in total. The van der Waals surface area contributed by atoms with E-state index in [1.54, 1.807) is 12.1 Å². The first kappa shape index (κ1) is 16.0. The molecular formula is C17H20BrFN2. The highest BCUT2D eigenvalue weighted by Crippen LogP contribution is 2.26. The Hall–Kier alpha value is -1.39. The summed E-state index contributed by atoms with van der Waals surface area (Å²) in [6, 6.07) is 15.2. The van der Waals surface area contributed by atoms with Gasteiger partial charge in [0.2, 0.25) is 0 Å². The van der Waals surface area contributed by atoms with E-state index in [-0.39, 0.29) is 11.9 Å². The number of nitrogens with zero attached hydrogens (tertiary/aromatic N) is 1. The van der Waals surface area contributed by atoms with Crippen molar-refractivity contribution in [2.75, 3.05) is 25.5 Å².